The molecule has 5 nitrogen and oxygen atoms in total. The minimum atomic E-state index is -0.535. The molecule has 0 aliphatic carbocycles. The van der Waals surface area contributed by atoms with E-state index in [2.05, 4.69) is 23.5 Å². The van der Waals surface area contributed by atoms with Crippen LogP contribution in [0.25, 0.3) is 0 Å². The number of aliphatic hydroxyl groups is 1. The number of ether oxygens (including phenoxy) is 1. The fourth-order valence-electron chi connectivity index (χ4n) is 3.25. The summed E-state index contributed by atoms with van der Waals surface area (Å²) in [6.07, 6.45) is 11.5. The van der Waals surface area contributed by atoms with Gasteiger partial charge in [0.25, 0.3) is 0 Å². The maximum Gasteiger partial charge on any atom is 0.305 e. The third kappa shape index (κ3) is 9.41. The lowest BCUT2D eigenvalue weighted by Gasteiger charge is -2.23. The average Bonchev–Trinajstić information content (AvgIpc) is 3.05. The van der Waals surface area contributed by atoms with Gasteiger partial charge in [0.1, 0.15) is 0 Å². The lowest BCUT2D eigenvalue weighted by Crippen LogP contribution is -2.33. The Bertz CT molecular complexity index is 561. The number of hydrogen-bond acceptors (Lipinski definition) is 4. The molecule has 28 heavy (non-hydrogen) atoms. The Hall–Kier alpha value is -1.80. The average molecular weight is 392 g/mol. The molecule has 1 saturated heterocycles. The number of methoxy groups -OCH3 is 1. The van der Waals surface area contributed by atoms with Crippen molar-refractivity contribution in [3.8, 4) is 11.8 Å². The monoisotopic (exact) mass is 391 g/mol. The third-order valence-electron chi connectivity index (χ3n) is 5.17. The second-order valence-corrected chi connectivity index (χ2v) is 7.59. The fraction of sp³-hybridized carbons (Fsp3) is 0.739. The summed E-state index contributed by atoms with van der Waals surface area (Å²) in [5, 5.41) is 10.3. The molecule has 0 aromatic rings. The molecular formula is C23H37NO4. The molecule has 1 fully saturated rings. The number of rotatable bonds is 12. The molecule has 0 spiro atoms. The maximum absolute atomic E-state index is 12.2. The van der Waals surface area contributed by atoms with Crippen LogP contribution in [0.3, 0.4) is 0 Å². The van der Waals surface area contributed by atoms with Gasteiger partial charge in [-0.2, -0.15) is 0 Å². The molecule has 3 atom stereocenters. The van der Waals surface area contributed by atoms with Gasteiger partial charge in [-0.25, -0.2) is 0 Å². The molecule has 1 heterocycles. The van der Waals surface area contributed by atoms with Crippen LogP contribution in [0.2, 0.25) is 0 Å². The summed E-state index contributed by atoms with van der Waals surface area (Å²) in [6.45, 7) is 4.84. The normalized spacial score (nSPS) is 18.8. The summed E-state index contributed by atoms with van der Waals surface area (Å²) < 4.78 is 4.63. The van der Waals surface area contributed by atoms with Crippen LogP contribution in [0, 0.1) is 17.8 Å². The molecule has 1 amide bonds. The molecule has 1 aliphatic heterocycles. The summed E-state index contributed by atoms with van der Waals surface area (Å²) in [5.41, 5.74) is 0. The zero-order valence-corrected chi connectivity index (χ0v) is 17.8. The lowest BCUT2D eigenvalue weighted by atomic mass is 9.99. The summed E-state index contributed by atoms with van der Waals surface area (Å²) in [6, 6.07) is 0.0793. The molecule has 0 aromatic heterocycles. The Morgan fingerprint density at radius 3 is 2.79 bits per heavy atom. The van der Waals surface area contributed by atoms with Crippen molar-refractivity contribution in [1.82, 2.24) is 4.90 Å². The Morgan fingerprint density at radius 1 is 1.32 bits per heavy atom. The van der Waals surface area contributed by atoms with Gasteiger partial charge in [0, 0.05) is 32.2 Å². The second kappa shape index (κ2) is 14.2. The molecule has 0 unspecified atom stereocenters. The highest BCUT2D eigenvalue weighted by Gasteiger charge is 2.28. The van der Waals surface area contributed by atoms with Gasteiger partial charge >= 0.3 is 5.97 Å². The Labute approximate surface area is 170 Å². The smallest absolute Gasteiger partial charge is 0.305 e. The van der Waals surface area contributed by atoms with Crippen LogP contribution in [-0.2, 0) is 14.3 Å². The summed E-state index contributed by atoms with van der Waals surface area (Å²) in [4.78, 5) is 25.2. The van der Waals surface area contributed by atoms with Crippen molar-refractivity contribution in [2.75, 3.05) is 13.7 Å². The highest BCUT2D eigenvalue weighted by molar-refractivity contribution is 5.79. The predicted molar refractivity (Wildman–Crippen MR) is 111 cm³/mol. The van der Waals surface area contributed by atoms with Gasteiger partial charge in [-0.15, -0.1) is 11.8 Å². The van der Waals surface area contributed by atoms with Crippen molar-refractivity contribution in [2.24, 2.45) is 5.92 Å². The Morgan fingerprint density at radius 2 is 2.07 bits per heavy atom. The quantitative estimate of drug-likeness (QED) is 0.237. The maximum atomic E-state index is 12.2. The van der Waals surface area contributed by atoms with Crippen LogP contribution in [0.5, 0.6) is 0 Å². The molecule has 1 rings (SSSR count). The van der Waals surface area contributed by atoms with E-state index < -0.39 is 6.10 Å². The Kier molecular flexibility index (Phi) is 12.3. The van der Waals surface area contributed by atoms with E-state index in [1.807, 2.05) is 24.0 Å². The van der Waals surface area contributed by atoms with Crippen molar-refractivity contribution in [3.63, 3.8) is 0 Å². The zero-order valence-electron chi connectivity index (χ0n) is 17.8. The number of amides is 1. The van der Waals surface area contributed by atoms with Crippen molar-refractivity contribution >= 4 is 11.9 Å². The standard InChI is InChI=1S/C23H37NO4/c1-4-5-6-9-12-19(2)21(25)16-14-20-15-17-22(26)24(20)18-11-8-7-10-13-23(27)28-3/h14,16,19-21,25H,4-5,7-8,10-13,15,17-18H2,1-3H3/b16-14+/t19-,20-,21+/m0/s1. The van der Waals surface area contributed by atoms with Crippen LogP contribution >= 0.6 is 0 Å². The highest BCUT2D eigenvalue weighted by atomic mass is 16.5. The SMILES string of the molecule is CCCC#CC[C@H](C)[C@H](O)/C=C/[C@H]1CCC(=O)N1CCCCCCC(=O)OC. The van der Waals surface area contributed by atoms with Crippen LogP contribution in [0.1, 0.15) is 78.1 Å². The first kappa shape index (κ1) is 24.2. The third-order valence-corrected chi connectivity index (χ3v) is 5.17. The zero-order chi connectivity index (χ0) is 20.8. The number of hydrogen-bond donors (Lipinski definition) is 1. The van der Waals surface area contributed by atoms with Crippen LogP contribution in [0.4, 0.5) is 0 Å². The predicted octanol–water partition coefficient (Wildman–Crippen LogP) is 3.85. The van der Waals surface area contributed by atoms with Crippen molar-refractivity contribution < 1.29 is 19.4 Å². The number of esters is 1. The Balaban J connectivity index is 2.36. The van der Waals surface area contributed by atoms with Crippen molar-refractivity contribution in [1.29, 1.82) is 0 Å². The molecule has 1 N–H and O–H groups in total. The molecule has 158 valence electrons. The van der Waals surface area contributed by atoms with Crippen LogP contribution in [0.15, 0.2) is 12.2 Å². The molecule has 0 bridgehead atoms. The van der Waals surface area contributed by atoms with E-state index in [0.29, 0.717) is 19.3 Å². The van der Waals surface area contributed by atoms with Gasteiger partial charge in [-0.05, 0) is 31.6 Å². The lowest BCUT2D eigenvalue weighted by molar-refractivity contribution is -0.140. The molecule has 0 saturated carbocycles. The van der Waals surface area contributed by atoms with E-state index in [1.54, 1.807) is 0 Å². The number of unbranched alkanes of at least 4 members (excludes halogenated alkanes) is 4. The number of aliphatic hydroxyl groups excluding tert-OH is 1. The largest absolute Gasteiger partial charge is 0.469 e. The first-order valence-electron chi connectivity index (χ1n) is 10.7. The first-order valence-corrected chi connectivity index (χ1v) is 10.7. The van der Waals surface area contributed by atoms with E-state index in [9.17, 15) is 14.7 Å². The summed E-state index contributed by atoms with van der Waals surface area (Å²) in [5.74, 6) is 6.36. The molecule has 1 aliphatic rings. The van der Waals surface area contributed by atoms with E-state index >= 15 is 0 Å². The number of nitrogens with zero attached hydrogens (tertiary/aromatic N) is 1. The minimum absolute atomic E-state index is 0.0793. The van der Waals surface area contributed by atoms with E-state index in [0.717, 1.165) is 51.5 Å². The number of carbonyl (C=O) groups is 2. The molecule has 0 radical (unpaired) electrons. The van der Waals surface area contributed by atoms with E-state index in [-0.39, 0.29) is 23.8 Å². The van der Waals surface area contributed by atoms with Gasteiger partial charge in [0.2, 0.25) is 5.91 Å². The fourth-order valence-corrected chi connectivity index (χ4v) is 3.25. The van der Waals surface area contributed by atoms with Crippen LogP contribution in [-0.4, -0.2) is 47.7 Å². The van der Waals surface area contributed by atoms with Crippen molar-refractivity contribution in [3.05, 3.63) is 12.2 Å². The molecule has 5 heteroatoms. The van der Waals surface area contributed by atoms with Gasteiger partial charge in [0.15, 0.2) is 0 Å². The summed E-state index contributed by atoms with van der Waals surface area (Å²) >= 11 is 0. The van der Waals surface area contributed by atoms with Gasteiger partial charge < -0.3 is 14.7 Å². The topological polar surface area (TPSA) is 66.8 Å². The highest BCUT2D eigenvalue weighted by Crippen LogP contribution is 2.22. The van der Waals surface area contributed by atoms with Crippen molar-refractivity contribution in [2.45, 2.75) is 90.2 Å². The summed E-state index contributed by atoms with van der Waals surface area (Å²) in [7, 11) is 1.41. The van der Waals surface area contributed by atoms with Gasteiger partial charge in [-0.3, -0.25) is 9.59 Å². The van der Waals surface area contributed by atoms with E-state index in [4.69, 9.17) is 0 Å². The van der Waals surface area contributed by atoms with E-state index in [1.165, 1.54) is 7.11 Å². The molecule has 0 aromatic carbocycles. The number of carbonyl (C=O) groups excluding carboxylic acids is 2. The minimum Gasteiger partial charge on any atom is -0.469 e. The molecular weight excluding hydrogens is 354 g/mol. The number of likely N-dealkylation sites (tertiary alicyclic amines) is 1. The first-order chi connectivity index (χ1) is 13.5. The second-order valence-electron chi connectivity index (χ2n) is 7.59. The van der Waals surface area contributed by atoms with Gasteiger partial charge in [0.05, 0.1) is 19.3 Å². The van der Waals surface area contributed by atoms with Crippen LogP contribution < -0.4 is 0 Å². The van der Waals surface area contributed by atoms with Gasteiger partial charge in [-0.1, -0.05) is 38.8 Å².